The number of nitrogens with one attached hydrogen (secondary N) is 2. The lowest BCUT2D eigenvalue weighted by atomic mass is 10.0. The van der Waals surface area contributed by atoms with Gasteiger partial charge in [-0.15, -0.1) is 0 Å². The van der Waals surface area contributed by atoms with E-state index in [0.717, 1.165) is 36.6 Å². The first-order valence-corrected chi connectivity index (χ1v) is 9.04. The Morgan fingerprint density at radius 1 is 1.15 bits per heavy atom. The van der Waals surface area contributed by atoms with Crippen LogP contribution in [0.15, 0.2) is 12.1 Å². The largest absolute Gasteiger partial charge is 0.489 e. The molecule has 5 rings (SSSR count). The van der Waals surface area contributed by atoms with Crippen LogP contribution in [0.25, 0.3) is 0 Å². The number of carbonyl (C=O) groups is 3. The number of piperidine rings is 1. The molecule has 0 unspecified atom stereocenters. The number of imide groups is 1. The van der Waals surface area contributed by atoms with Crippen molar-refractivity contribution in [2.24, 2.45) is 0 Å². The Bertz CT molecular complexity index is 824. The van der Waals surface area contributed by atoms with E-state index in [1.165, 1.54) is 0 Å². The molecule has 2 fully saturated rings. The summed E-state index contributed by atoms with van der Waals surface area (Å²) in [5, 5.41) is 5.72. The Hall–Kier alpha value is -2.61. The number of fused-ring (bicyclic) bond motifs is 5. The molecule has 1 aromatic rings. The number of nitrogens with zero attached hydrogens (tertiary/aromatic N) is 2. The van der Waals surface area contributed by atoms with Gasteiger partial charge in [-0.1, -0.05) is 0 Å². The maximum Gasteiger partial charge on any atom is 0.255 e. The smallest absolute Gasteiger partial charge is 0.255 e. The molecule has 8 nitrogen and oxygen atoms in total. The predicted octanol–water partition coefficient (Wildman–Crippen LogP) is -0.382. The summed E-state index contributed by atoms with van der Waals surface area (Å²) in [4.78, 5) is 40.5. The zero-order valence-corrected chi connectivity index (χ0v) is 14.3. The van der Waals surface area contributed by atoms with Gasteiger partial charge in [0.1, 0.15) is 18.4 Å². The molecule has 0 radical (unpaired) electrons. The fraction of sp³-hybridized carbons (Fsp3) is 0.500. The van der Waals surface area contributed by atoms with E-state index in [4.69, 9.17) is 4.74 Å². The monoisotopic (exact) mass is 356 g/mol. The molecule has 26 heavy (non-hydrogen) atoms. The number of hydrogen-bond acceptors (Lipinski definition) is 6. The lowest BCUT2D eigenvalue weighted by Gasteiger charge is -2.42. The standard InChI is InChI=1S/C18H20N4O4/c23-15-4-2-13(17(24)20-15)22-8-12-11(18(22)25)1-3-14-16(12)21-6-5-19-7-10(21)9-26-14/h1,3,10,13,19H,2,4-9H2,(H,20,23,24)/t10-,13-/m0/s1. The molecule has 2 N–H and O–H groups in total. The number of anilines is 1. The molecule has 136 valence electrons. The molecule has 4 heterocycles. The second kappa shape index (κ2) is 5.70. The highest BCUT2D eigenvalue weighted by molar-refractivity contribution is 6.06. The Morgan fingerprint density at radius 2 is 2.04 bits per heavy atom. The van der Waals surface area contributed by atoms with Crippen LogP contribution in [0.2, 0.25) is 0 Å². The van der Waals surface area contributed by atoms with E-state index in [-0.39, 0.29) is 30.2 Å². The number of piperazine rings is 1. The van der Waals surface area contributed by atoms with Crippen LogP contribution >= 0.6 is 0 Å². The number of hydrogen-bond donors (Lipinski definition) is 2. The van der Waals surface area contributed by atoms with Crippen molar-refractivity contribution in [3.8, 4) is 5.75 Å². The lowest BCUT2D eigenvalue weighted by molar-refractivity contribution is -0.136. The molecular formula is C18H20N4O4. The zero-order valence-electron chi connectivity index (χ0n) is 14.3. The second-order valence-corrected chi connectivity index (χ2v) is 7.20. The van der Waals surface area contributed by atoms with Gasteiger partial charge >= 0.3 is 0 Å². The van der Waals surface area contributed by atoms with Gasteiger partial charge in [0, 0.05) is 43.7 Å². The summed E-state index contributed by atoms with van der Waals surface area (Å²) in [5.74, 6) is 0.00630. The van der Waals surface area contributed by atoms with Crippen molar-refractivity contribution in [1.29, 1.82) is 0 Å². The molecule has 0 aromatic heterocycles. The highest BCUT2D eigenvalue weighted by Crippen LogP contribution is 2.43. The average molecular weight is 356 g/mol. The van der Waals surface area contributed by atoms with Crippen molar-refractivity contribution in [1.82, 2.24) is 15.5 Å². The fourth-order valence-electron chi connectivity index (χ4n) is 4.42. The molecule has 4 aliphatic heterocycles. The molecule has 0 spiro atoms. The minimum Gasteiger partial charge on any atom is -0.489 e. The van der Waals surface area contributed by atoms with E-state index in [2.05, 4.69) is 15.5 Å². The van der Waals surface area contributed by atoms with Gasteiger partial charge in [0.05, 0.1) is 11.7 Å². The van der Waals surface area contributed by atoms with Gasteiger partial charge in [-0.3, -0.25) is 19.7 Å². The first-order chi connectivity index (χ1) is 12.6. The summed E-state index contributed by atoms with van der Waals surface area (Å²) in [5.41, 5.74) is 2.56. The molecule has 0 bridgehead atoms. The molecule has 4 aliphatic rings. The van der Waals surface area contributed by atoms with Gasteiger partial charge in [-0.25, -0.2) is 0 Å². The van der Waals surface area contributed by atoms with Crippen LogP contribution in [0.5, 0.6) is 5.75 Å². The molecule has 3 amide bonds. The quantitative estimate of drug-likeness (QED) is 0.667. The number of ether oxygens (including phenoxy) is 1. The van der Waals surface area contributed by atoms with Gasteiger partial charge in [-0.05, 0) is 18.6 Å². The fourth-order valence-corrected chi connectivity index (χ4v) is 4.42. The van der Waals surface area contributed by atoms with Crippen molar-refractivity contribution in [3.05, 3.63) is 23.3 Å². The van der Waals surface area contributed by atoms with E-state index in [9.17, 15) is 14.4 Å². The third kappa shape index (κ3) is 2.21. The third-order valence-corrected chi connectivity index (χ3v) is 5.72. The van der Waals surface area contributed by atoms with Gasteiger partial charge < -0.3 is 19.9 Å². The first kappa shape index (κ1) is 15.6. The van der Waals surface area contributed by atoms with Crippen molar-refractivity contribution in [2.45, 2.75) is 31.5 Å². The first-order valence-electron chi connectivity index (χ1n) is 9.04. The zero-order chi connectivity index (χ0) is 17.8. The SMILES string of the molecule is O=C1CC[C@H](N2Cc3c(ccc4c3N3CCNC[C@H]3CO4)C2=O)C(=O)N1. The van der Waals surface area contributed by atoms with E-state index in [1.54, 1.807) is 11.0 Å². The van der Waals surface area contributed by atoms with Crippen LogP contribution in [-0.2, 0) is 16.1 Å². The molecular weight excluding hydrogens is 336 g/mol. The van der Waals surface area contributed by atoms with Crippen molar-refractivity contribution in [2.75, 3.05) is 31.1 Å². The molecule has 2 atom stereocenters. The third-order valence-electron chi connectivity index (χ3n) is 5.72. The van der Waals surface area contributed by atoms with E-state index in [0.29, 0.717) is 25.1 Å². The number of rotatable bonds is 1. The summed E-state index contributed by atoms with van der Waals surface area (Å²) in [6.07, 6.45) is 0.636. The topological polar surface area (TPSA) is 91.0 Å². The number of carbonyl (C=O) groups excluding carboxylic acids is 3. The Labute approximate surface area is 150 Å². The number of amides is 3. The summed E-state index contributed by atoms with van der Waals surface area (Å²) >= 11 is 0. The lowest BCUT2D eigenvalue weighted by Crippen LogP contribution is -2.56. The van der Waals surface area contributed by atoms with Gasteiger partial charge in [-0.2, -0.15) is 0 Å². The van der Waals surface area contributed by atoms with E-state index >= 15 is 0 Å². The van der Waals surface area contributed by atoms with E-state index in [1.807, 2.05) is 6.07 Å². The average Bonchev–Trinajstić information content (AvgIpc) is 2.98. The Kier molecular flexibility index (Phi) is 3.43. The van der Waals surface area contributed by atoms with Crippen molar-refractivity contribution < 1.29 is 19.1 Å². The molecule has 0 aliphatic carbocycles. The van der Waals surface area contributed by atoms with E-state index < -0.39 is 6.04 Å². The van der Waals surface area contributed by atoms with Gasteiger partial charge in [0.15, 0.2) is 0 Å². The molecule has 2 saturated heterocycles. The summed E-state index contributed by atoms with van der Waals surface area (Å²) < 4.78 is 5.93. The summed E-state index contributed by atoms with van der Waals surface area (Å²) in [7, 11) is 0. The second-order valence-electron chi connectivity index (χ2n) is 7.20. The van der Waals surface area contributed by atoms with Crippen LogP contribution in [0.3, 0.4) is 0 Å². The Morgan fingerprint density at radius 3 is 2.88 bits per heavy atom. The highest BCUT2D eigenvalue weighted by Gasteiger charge is 2.42. The Balaban J connectivity index is 1.51. The predicted molar refractivity (Wildman–Crippen MR) is 92.0 cm³/mol. The van der Waals surface area contributed by atoms with Crippen molar-refractivity contribution >= 4 is 23.4 Å². The normalized spacial score (nSPS) is 27.5. The summed E-state index contributed by atoms with van der Waals surface area (Å²) in [6.45, 7) is 3.62. The minimum absolute atomic E-state index is 0.144. The highest BCUT2D eigenvalue weighted by atomic mass is 16.5. The number of benzene rings is 1. The van der Waals surface area contributed by atoms with Crippen LogP contribution in [0.4, 0.5) is 5.69 Å². The van der Waals surface area contributed by atoms with Gasteiger partial charge in [0.25, 0.3) is 5.91 Å². The molecule has 1 aromatic carbocycles. The maximum absolute atomic E-state index is 13.0. The van der Waals surface area contributed by atoms with Crippen LogP contribution in [0.1, 0.15) is 28.8 Å². The van der Waals surface area contributed by atoms with Crippen molar-refractivity contribution in [3.63, 3.8) is 0 Å². The maximum atomic E-state index is 13.0. The molecule has 8 heteroatoms. The molecule has 0 saturated carbocycles. The summed E-state index contributed by atoms with van der Waals surface area (Å²) in [6, 6.07) is 3.32. The van der Waals surface area contributed by atoms with Crippen LogP contribution < -0.4 is 20.3 Å². The van der Waals surface area contributed by atoms with Gasteiger partial charge in [0.2, 0.25) is 11.8 Å². The van der Waals surface area contributed by atoms with Crippen LogP contribution in [-0.4, -0.2) is 60.9 Å². The van der Waals surface area contributed by atoms with Crippen LogP contribution in [0, 0.1) is 0 Å². The minimum atomic E-state index is -0.591.